The molecule has 9 heteroatoms. The molecule has 1 unspecified atom stereocenters. The van der Waals surface area contributed by atoms with E-state index in [0.29, 0.717) is 19.4 Å². The molecular weight excluding hydrogens is 348 g/mol. The van der Waals surface area contributed by atoms with Gasteiger partial charge in [-0.15, -0.1) is 0 Å². The van der Waals surface area contributed by atoms with Gasteiger partial charge >= 0.3 is 5.97 Å². The fourth-order valence-corrected chi connectivity index (χ4v) is 3.83. The molecule has 1 N–H and O–H groups in total. The van der Waals surface area contributed by atoms with Crippen molar-refractivity contribution in [1.29, 1.82) is 0 Å². The van der Waals surface area contributed by atoms with Crippen LogP contribution in [0.25, 0.3) is 0 Å². The Balaban J connectivity index is 2.37. The van der Waals surface area contributed by atoms with Crippen LogP contribution in [0.1, 0.15) is 23.2 Å². The Bertz CT molecular complexity index is 775. The second kappa shape index (κ2) is 7.40. The van der Waals surface area contributed by atoms with Gasteiger partial charge in [0.25, 0.3) is 5.91 Å². The third-order valence-corrected chi connectivity index (χ3v) is 6.06. The van der Waals surface area contributed by atoms with Crippen LogP contribution in [0.15, 0.2) is 23.1 Å². The fourth-order valence-electron chi connectivity index (χ4n) is 2.75. The zero-order chi connectivity index (χ0) is 18.8. The smallest absolute Gasteiger partial charge is 0.308 e. The molecule has 2 rings (SSSR count). The standard InChI is InChI=1S/C16H22N2O6S/c1-17(2)25(22,23)14-9-11(6-7-13(14)24-3)15(19)18-8-4-5-12(10-18)16(20)21/h6-7,9,12H,4-5,8,10H2,1-3H3,(H,20,21). The summed E-state index contributed by atoms with van der Waals surface area (Å²) < 4.78 is 31.0. The van der Waals surface area contributed by atoms with Crippen molar-refractivity contribution in [3.05, 3.63) is 23.8 Å². The number of hydrogen-bond acceptors (Lipinski definition) is 5. The van der Waals surface area contributed by atoms with E-state index in [4.69, 9.17) is 9.84 Å². The van der Waals surface area contributed by atoms with E-state index in [9.17, 15) is 18.0 Å². The molecule has 1 amide bonds. The van der Waals surface area contributed by atoms with Gasteiger partial charge in [0.1, 0.15) is 10.6 Å². The molecule has 1 saturated heterocycles. The summed E-state index contributed by atoms with van der Waals surface area (Å²) in [6.45, 7) is 0.570. The summed E-state index contributed by atoms with van der Waals surface area (Å²) in [6.07, 6.45) is 1.13. The number of rotatable bonds is 5. The van der Waals surface area contributed by atoms with Crippen molar-refractivity contribution in [2.75, 3.05) is 34.3 Å². The highest BCUT2D eigenvalue weighted by Gasteiger charge is 2.30. The predicted molar refractivity (Wildman–Crippen MR) is 90.1 cm³/mol. The molecule has 0 aliphatic carbocycles. The number of hydrogen-bond donors (Lipinski definition) is 1. The van der Waals surface area contributed by atoms with Gasteiger partial charge in [-0.05, 0) is 31.0 Å². The molecule has 0 radical (unpaired) electrons. The van der Waals surface area contributed by atoms with Gasteiger partial charge in [0.05, 0.1) is 13.0 Å². The number of amides is 1. The van der Waals surface area contributed by atoms with Crippen LogP contribution >= 0.6 is 0 Å². The van der Waals surface area contributed by atoms with E-state index in [2.05, 4.69) is 0 Å². The molecule has 0 bridgehead atoms. The van der Waals surface area contributed by atoms with Gasteiger partial charge < -0.3 is 14.7 Å². The minimum Gasteiger partial charge on any atom is -0.495 e. The van der Waals surface area contributed by atoms with E-state index in [1.165, 1.54) is 44.3 Å². The molecule has 1 aromatic rings. The summed E-state index contributed by atoms with van der Waals surface area (Å²) in [5.41, 5.74) is 0.187. The van der Waals surface area contributed by atoms with Crippen molar-refractivity contribution >= 4 is 21.9 Å². The molecule has 8 nitrogen and oxygen atoms in total. The summed E-state index contributed by atoms with van der Waals surface area (Å²) in [6, 6.07) is 4.20. The first kappa shape index (κ1) is 19.2. The number of methoxy groups -OCH3 is 1. The molecule has 1 aliphatic rings. The predicted octanol–water partition coefficient (Wildman–Crippen LogP) is 0.882. The molecule has 1 aliphatic heterocycles. The largest absolute Gasteiger partial charge is 0.495 e. The molecule has 0 saturated carbocycles. The molecule has 0 aromatic heterocycles. The summed E-state index contributed by atoms with van der Waals surface area (Å²) in [4.78, 5) is 25.2. The van der Waals surface area contributed by atoms with Crippen LogP contribution in [-0.4, -0.2) is 68.9 Å². The molecule has 0 spiro atoms. The molecule has 1 fully saturated rings. The number of sulfonamides is 1. The average molecular weight is 370 g/mol. The molecular formula is C16H22N2O6S. The second-order valence-corrected chi connectivity index (χ2v) is 8.20. The number of carbonyl (C=O) groups is 2. The first-order valence-electron chi connectivity index (χ1n) is 7.81. The number of carbonyl (C=O) groups excluding carboxylic acids is 1. The molecule has 138 valence electrons. The van der Waals surface area contributed by atoms with Gasteiger partial charge in [-0.2, -0.15) is 0 Å². The Morgan fingerprint density at radius 2 is 2.00 bits per heavy atom. The highest BCUT2D eigenvalue weighted by Crippen LogP contribution is 2.28. The Hall–Kier alpha value is -2.13. The van der Waals surface area contributed by atoms with E-state index in [1.54, 1.807) is 0 Å². The number of ether oxygens (including phenoxy) is 1. The lowest BCUT2D eigenvalue weighted by atomic mass is 9.97. The van der Waals surface area contributed by atoms with Crippen molar-refractivity contribution < 1.29 is 27.9 Å². The lowest BCUT2D eigenvalue weighted by Gasteiger charge is -2.31. The van der Waals surface area contributed by atoms with Crippen LogP contribution in [0.2, 0.25) is 0 Å². The highest BCUT2D eigenvalue weighted by atomic mass is 32.2. The van der Waals surface area contributed by atoms with Gasteiger partial charge in [-0.25, -0.2) is 12.7 Å². The molecule has 25 heavy (non-hydrogen) atoms. The van der Waals surface area contributed by atoms with E-state index in [-0.39, 0.29) is 28.7 Å². The molecule has 1 atom stereocenters. The number of nitrogens with zero attached hydrogens (tertiary/aromatic N) is 2. The van der Waals surface area contributed by atoms with Crippen molar-refractivity contribution in [3.8, 4) is 5.75 Å². The van der Waals surface area contributed by atoms with Crippen molar-refractivity contribution in [1.82, 2.24) is 9.21 Å². The Morgan fingerprint density at radius 3 is 2.56 bits per heavy atom. The van der Waals surface area contributed by atoms with Crippen LogP contribution in [0, 0.1) is 5.92 Å². The Kier molecular flexibility index (Phi) is 5.69. The fraction of sp³-hybridized carbons (Fsp3) is 0.500. The van der Waals surface area contributed by atoms with Gasteiger partial charge in [0.15, 0.2) is 0 Å². The second-order valence-electron chi connectivity index (χ2n) is 6.08. The normalized spacial score (nSPS) is 18.2. The lowest BCUT2D eigenvalue weighted by Crippen LogP contribution is -2.42. The molecule has 1 aromatic carbocycles. The maximum Gasteiger partial charge on any atom is 0.308 e. The minimum atomic E-state index is -3.79. The minimum absolute atomic E-state index is 0.0994. The number of carboxylic acids is 1. The average Bonchev–Trinajstić information content (AvgIpc) is 2.60. The van der Waals surface area contributed by atoms with Gasteiger partial charge in [0.2, 0.25) is 10.0 Å². The summed E-state index contributed by atoms with van der Waals surface area (Å²) in [7, 11) is 0.356. The topological polar surface area (TPSA) is 104 Å². The maximum atomic E-state index is 12.7. The van der Waals surface area contributed by atoms with E-state index < -0.39 is 21.9 Å². The summed E-state index contributed by atoms with van der Waals surface area (Å²) >= 11 is 0. The third kappa shape index (κ3) is 3.93. The highest BCUT2D eigenvalue weighted by molar-refractivity contribution is 7.89. The van der Waals surface area contributed by atoms with Crippen LogP contribution in [-0.2, 0) is 14.8 Å². The third-order valence-electron chi connectivity index (χ3n) is 4.23. The van der Waals surface area contributed by atoms with Crippen LogP contribution in [0.5, 0.6) is 5.75 Å². The SMILES string of the molecule is COc1ccc(C(=O)N2CCCC(C(=O)O)C2)cc1S(=O)(=O)N(C)C. The van der Waals surface area contributed by atoms with Crippen LogP contribution in [0.3, 0.4) is 0 Å². The van der Waals surface area contributed by atoms with E-state index in [1.807, 2.05) is 0 Å². The van der Waals surface area contributed by atoms with Crippen molar-refractivity contribution in [2.45, 2.75) is 17.7 Å². The maximum absolute atomic E-state index is 12.7. The monoisotopic (exact) mass is 370 g/mol. The quantitative estimate of drug-likeness (QED) is 0.825. The summed E-state index contributed by atoms with van der Waals surface area (Å²) in [5.74, 6) is -1.76. The van der Waals surface area contributed by atoms with Crippen molar-refractivity contribution in [2.24, 2.45) is 5.92 Å². The van der Waals surface area contributed by atoms with E-state index >= 15 is 0 Å². The van der Waals surface area contributed by atoms with E-state index in [0.717, 1.165) is 4.31 Å². The van der Waals surface area contributed by atoms with Gasteiger partial charge in [0, 0.05) is 32.7 Å². The molecule has 1 heterocycles. The number of piperidine rings is 1. The zero-order valence-electron chi connectivity index (χ0n) is 14.4. The van der Waals surface area contributed by atoms with Crippen LogP contribution < -0.4 is 4.74 Å². The Labute approximate surface area is 147 Å². The lowest BCUT2D eigenvalue weighted by molar-refractivity contribution is -0.143. The van der Waals surface area contributed by atoms with Gasteiger partial charge in [-0.1, -0.05) is 0 Å². The zero-order valence-corrected chi connectivity index (χ0v) is 15.2. The number of benzene rings is 1. The number of carboxylic acid groups (broad SMARTS) is 1. The number of aliphatic carboxylic acids is 1. The van der Waals surface area contributed by atoms with Crippen LogP contribution in [0.4, 0.5) is 0 Å². The van der Waals surface area contributed by atoms with Gasteiger partial charge in [-0.3, -0.25) is 9.59 Å². The Morgan fingerprint density at radius 1 is 1.32 bits per heavy atom. The number of likely N-dealkylation sites (tertiary alicyclic amines) is 1. The first-order chi connectivity index (χ1) is 11.7. The summed E-state index contributed by atoms with van der Waals surface area (Å²) in [5, 5.41) is 9.15. The van der Waals surface area contributed by atoms with Crippen molar-refractivity contribution in [3.63, 3.8) is 0 Å². The first-order valence-corrected chi connectivity index (χ1v) is 9.25.